The molecule has 0 heterocycles. The van der Waals surface area contributed by atoms with Gasteiger partial charge in [0, 0.05) is 5.56 Å². The van der Waals surface area contributed by atoms with E-state index in [0.717, 1.165) is 5.56 Å². The van der Waals surface area contributed by atoms with Crippen molar-refractivity contribution in [2.45, 2.75) is 6.61 Å². The quantitative estimate of drug-likeness (QED) is 0.494. The van der Waals surface area contributed by atoms with Gasteiger partial charge in [-0.15, -0.1) is 5.10 Å². The Morgan fingerprint density at radius 2 is 2.04 bits per heavy atom. The van der Waals surface area contributed by atoms with Crippen molar-refractivity contribution in [3.63, 3.8) is 0 Å². The number of halogens is 1. The SMILES string of the molecule is COc1cc(/C=N\N=C(\N)SC)ccc1OCc1ccccc1F. The molecule has 0 bridgehead atoms. The number of nitrogens with two attached hydrogens (primary N) is 1. The van der Waals surface area contributed by atoms with Crippen LogP contribution in [0.2, 0.25) is 0 Å². The fraction of sp³-hybridized carbons (Fsp3) is 0.176. The highest BCUT2D eigenvalue weighted by atomic mass is 32.2. The lowest BCUT2D eigenvalue weighted by Crippen LogP contribution is -2.04. The van der Waals surface area contributed by atoms with Gasteiger partial charge in [0.25, 0.3) is 0 Å². The first-order valence-electron chi connectivity index (χ1n) is 7.08. The molecule has 0 aliphatic carbocycles. The van der Waals surface area contributed by atoms with Crippen molar-refractivity contribution in [1.29, 1.82) is 0 Å². The third kappa shape index (κ3) is 4.99. The van der Waals surface area contributed by atoms with Crippen LogP contribution in [0.15, 0.2) is 52.7 Å². The lowest BCUT2D eigenvalue weighted by molar-refractivity contribution is 0.279. The maximum Gasteiger partial charge on any atom is 0.180 e. The molecule has 0 saturated heterocycles. The first-order valence-corrected chi connectivity index (χ1v) is 8.31. The Morgan fingerprint density at radius 3 is 2.75 bits per heavy atom. The molecule has 0 saturated carbocycles. The molecule has 0 aliphatic heterocycles. The zero-order valence-corrected chi connectivity index (χ0v) is 14.2. The summed E-state index contributed by atoms with van der Waals surface area (Å²) in [5.41, 5.74) is 6.81. The topological polar surface area (TPSA) is 69.2 Å². The lowest BCUT2D eigenvalue weighted by atomic mass is 10.2. The summed E-state index contributed by atoms with van der Waals surface area (Å²) in [5.74, 6) is 0.742. The van der Waals surface area contributed by atoms with E-state index in [9.17, 15) is 4.39 Å². The minimum absolute atomic E-state index is 0.116. The summed E-state index contributed by atoms with van der Waals surface area (Å²) in [6.45, 7) is 0.116. The Bertz CT molecular complexity index is 750. The van der Waals surface area contributed by atoms with E-state index in [1.54, 1.807) is 42.6 Å². The predicted molar refractivity (Wildman–Crippen MR) is 96.5 cm³/mol. The molecule has 0 aromatic heterocycles. The van der Waals surface area contributed by atoms with Crippen molar-refractivity contribution in [1.82, 2.24) is 0 Å². The van der Waals surface area contributed by atoms with Gasteiger partial charge in [-0.05, 0) is 36.1 Å². The molecule has 2 aromatic carbocycles. The Balaban J connectivity index is 2.10. The molecule has 0 atom stereocenters. The van der Waals surface area contributed by atoms with Gasteiger partial charge in [-0.3, -0.25) is 0 Å². The van der Waals surface area contributed by atoms with Gasteiger partial charge < -0.3 is 15.2 Å². The molecular weight excluding hydrogens is 329 g/mol. The number of amidine groups is 1. The highest BCUT2D eigenvalue weighted by Gasteiger charge is 2.07. The number of benzene rings is 2. The molecule has 126 valence electrons. The highest BCUT2D eigenvalue weighted by Crippen LogP contribution is 2.28. The van der Waals surface area contributed by atoms with Crippen LogP contribution in [0.4, 0.5) is 4.39 Å². The molecule has 7 heteroatoms. The fourth-order valence-electron chi connectivity index (χ4n) is 1.85. The number of nitrogens with zero attached hydrogens (tertiary/aromatic N) is 2. The molecule has 2 rings (SSSR count). The van der Waals surface area contributed by atoms with Crippen LogP contribution in [-0.2, 0) is 6.61 Å². The van der Waals surface area contributed by atoms with Crippen LogP contribution in [-0.4, -0.2) is 24.7 Å². The molecule has 0 spiro atoms. The van der Waals surface area contributed by atoms with E-state index in [4.69, 9.17) is 15.2 Å². The van der Waals surface area contributed by atoms with E-state index in [1.807, 2.05) is 6.26 Å². The fourth-order valence-corrected chi connectivity index (χ4v) is 1.98. The lowest BCUT2D eigenvalue weighted by Gasteiger charge is -2.11. The number of hydrogen-bond acceptors (Lipinski definition) is 5. The first-order chi connectivity index (χ1) is 11.6. The van der Waals surface area contributed by atoms with Crippen molar-refractivity contribution in [3.05, 3.63) is 59.4 Å². The van der Waals surface area contributed by atoms with Crippen LogP contribution < -0.4 is 15.2 Å². The van der Waals surface area contributed by atoms with Crippen molar-refractivity contribution in [3.8, 4) is 11.5 Å². The summed E-state index contributed by atoms with van der Waals surface area (Å²) in [5, 5.41) is 8.09. The second-order valence-corrected chi connectivity index (χ2v) is 5.50. The summed E-state index contributed by atoms with van der Waals surface area (Å²) < 4.78 is 24.6. The Morgan fingerprint density at radius 1 is 1.25 bits per heavy atom. The number of rotatable bonds is 6. The molecule has 2 aromatic rings. The van der Waals surface area contributed by atoms with Gasteiger partial charge in [0.05, 0.1) is 13.3 Å². The van der Waals surface area contributed by atoms with Gasteiger partial charge in [0.15, 0.2) is 16.7 Å². The van der Waals surface area contributed by atoms with E-state index >= 15 is 0 Å². The van der Waals surface area contributed by atoms with Gasteiger partial charge in [-0.1, -0.05) is 30.0 Å². The minimum atomic E-state index is -0.301. The summed E-state index contributed by atoms with van der Waals surface area (Å²) in [6.07, 6.45) is 3.38. The van der Waals surface area contributed by atoms with E-state index in [1.165, 1.54) is 24.9 Å². The van der Waals surface area contributed by atoms with Gasteiger partial charge in [0.2, 0.25) is 0 Å². The Hall–Kier alpha value is -2.54. The third-order valence-corrected chi connectivity index (χ3v) is 3.60. The largest absolute Gasteiger partial charge is 0.493 e. The van der Waals surface area contributed by atoms with Crippen LogP contribution in [0, 0.1) is 5.82 Å². The van der Waals surface area contributed by atoms with E-state index < -0.39 is 0 Å². The van der Waals surface area contributed by atoms with Crippen molar-refractivity contribution < 1.29 is 13.9 Å². The van der Waals surface area contributed by atoms with Crippen molar-refractivity contribution >= 4 is 23.1 Å². The molecule has 0 amide bonds. The third-order valence-electron chi connectivity index (χ3n) is 3.10. The number of ether oxygens (including phenoxy) is 2. The zero-order chi connectivity index (χ0) is 17.4. The van der Waals surface area contributed by atoms with E-state index in [-0.39, 0.29) is 12.4 Å². The summed E-state index contributed by atoms with van der Waals surface area (Å²) >= 11 is 1.31. The van der Waals surface area contributed by atoms with Crippen LogP contribution >= 0.6 is 11.8 Å². The molecule has 5 nitrogen and oxygen atoms in total. The smallest absolute Gasteiger partial charge is 0.180 e. The molecule has 2 N–H and O–H groups in total. The first kappa shape index (κ1) is 17.8. The Kier molecular flexibility index (Phi) is 6.62. The number of thioether (sulfide) groups is 1. The molecule has 24 heavy (non-hydrogen) atoms. The normalized spacial score (nSPS) is 11.7. The maximum absolute atomic E-state index is 13.6. The van der Waals surface area contributed by atoms with Gasteiger partial charge in [-0.25, -0.2) is 4.39 Å². The summed E-state index contributed by atoms with van der Waals surface area (Å²) in [6, 6.07) is 11.8. The van der Waals surface area contributed by atoms with Crippen molar-refractivity contribution in [2.75, 3.05) is 13.4 Å². The van der Waals surface area contributed by atoms with Crippen LogP contribution in [0.1, 0.15) is 11.1 Å². The predicted octanol–water partition coefficient (Wildman–Crippen LogP) is 3.42. The monoisotopic (exact) mass is 347 g/mol. The minimum Gasteiger partial charge on any atom is -0.493 e. The van der Waals surface area contributed by atoms with E-state index in [0.29, 0.717) is 22.2 Å². The summed E-state index contributed by atoms with van der Waals surface area (Å²) in [4.78, 5) is 0. The van der Waals surface area contributed by atoms with Gasteiger partial charge in [-0.2, -0.15) is 5.10 Å². The van der Waals surface area contributed by atoms with Crippen LogP contribution in [0.25, 0.3) is 0 Å². The average molecular weight is 347 g/mol. The zero-order valence-electron chi connectivity index (χ0n) is 13.4. The second kappa shape index (κ2) is 8.93. The van der Waals surface area contributed by atoms with E-state index in [2.05, 4.69) is 10.2 Å². The maximum atomic E-state index is 13.6. The molecule has 0 aliphatic rings. The molecule has 0 fully saturated rings. The number of hydrogen-bond donors (Lipinski definition) is 1. The second-order valence-electron chi connectivity index (χ2n) is 4.68. The van der Waals surface area contributed by atoms with Crippen LogP contribution in [0.3, 0.4) is 0 Å². The van der Waals surface area contributed by atoms with Crippen LogP contribution in [0.5, 0.6) is 11.5 Å². The highest BCUT2D eigenvalue weighted by molar-refractivity contribution is 8.13. The van der Waals surface area contributed by atoms with Crippen molar-refractivity contribution in [2.24, 2.45) is 15.9 Å². The molecule has 0 unspecified atom stereocenters. The Labute approximate surface area is 144 Å². The molecular formula is C17H18FN3O2S. The number of methoxy groups -OCH3 is 1. The van der Waals surface area contributed by atoms with Gasteiger partial charge >= 0.3 is 0 Å². The average Bonchev–Trinajstić information content (AvgIpc) is 2.61. The van der Waals surface area contributed by atoms with Gasteiger partial charge in [0.1, 0.15) is 12.4 Å². The summed E-state index contributed by atoms with van der Waals surface area (Å²) in [7, 11) is 1.54. The molecule has 0 radical (unpaired) electrons. The standard InChI is InChI=1S/C17H18FN3O2S/c1-22-16-9-12(10-20-21-17(19)24-2)7-8-15(16)23-11-13-5-3-4-6-14(13)18/h3-10H,11H2,1-2H3,(H2,19,21)/b20-10-.